The molecule has 0 saturated carbocycles. The first-order chi connectivity index (χ1) is 8.90. The minimum Gasteiger partial charge on any atom is -0.496 e. The topological polar surface area (TPSA) is 21.3 Å². The molecule has 1 atom stereocenters. The van der Waals surface area contributed by atoms with Gasteiger partial charge in [0, 0.05) is 5.25 Å². The second-order valence-corrected chi connectivity index (χ2v) is 6.14. The Morgan fingerprint density at radius 2 is 2.17 bits per heavy atom. The number of aryl methyl sites for hydroxylation is 1. The molecule has 1 N–H and O–H groups in total. The zero-order valence-corrected chi connectivity index (χ0v) is 12.0. The minimum absolute atomic E-state index is 0.842. The summed E-state index contributed by atoms with van der Waals surface area (Å²) in [5.74, 6) is 2.23. The van der Waals surface area contributed by atoms with Gasteiger partial charge in [-0.15, -0.1) is 0 Å². The molecule has 2 nitrogen and oxygen atoms in total. The van der Waals surface area contributed by atoms with E-state index in [1.54, 1.807) is 7.11 Å². The monoisotopic (exact) mass is 265 g/mol. The summed E-state index contributed by atoms with van der Waals surface area (Å²) in [4.78, 5) is 0. The van der Waals surface area contributed by atoms with Crippen LogP contribution in [0.5, 0.6) is 5.75 Å². The minimum atomic E-state index is 0.842. The van der Waals surface area contributed by atoms with Crippen LogP contribution in [0.15, 0.2) is 24.3 Å². The van der Waals surface area contributed by atoms with Gasteiger partial charge in [0.2, 0.25) is 0 Å². The largest absolute Gasteiger partial charge is 0.496 e. The van der Waals surface area contributed by atoms with Gasteiger partial charge in [-0.05, 0) is 56.2 Å². The molecule has 18 heavy (non-hydrogen) atoms. The van der Waals surface area contributed by atoms with Gasteiger partial charge in [0.1, 0.15) is 5.75 Å². The standard InChI is InChI=1S/C15H23NOS/c1-17-15-7-3-2-5-13(15)9-12-18-14-6-4-10-16-11-8-14/h2-3,5,7,14,16H,4,6,8-12H2,1H3. The van der Waals surface area contributed by atoms with Gasteiger partial charge in [-0.2, -0.15) is 11.8 Å². The van der Waals surface area contributed by atoms with E-state index < -0.39 is 0 Å². The Hall–Kier alpha value is -0.670. The van der Waals surface area contributed by atoms with E-state index in [0.717, 1.165) is 17.4 Å². The molecule has 1 aromatic rings. The number of methoxy groups -OCH3 is 1. The van der Waals surface area contributed by atoms with Crippen molar-refractivity contribution in [1.82, 2.24) is 5.32 Å². The Labute approximate surface area is 114 Å². The molecule has 100 valence electrons. The van der Waals surface area contributed by atoms with Crippen molar-refractivity contribution >= 4 is 11.8 Å². The van der Waals surface area contributed by atoms with Crippen LogP contribution in [-0.4, -0.2) is 31.2 Å². The molecule has 0 aliphatic carbocycles. The Morgan fingerprint density at radius 3 is 3.06 bits per heavy atom. The van der Waals surface area contributed by atoms with E-state index in [4.69, 9.17) is 4.74 Å². The van der Waals surface area contributed by atoms with Gasteiger partial charge < -0.3 is 10.1 Å². The molecule has 1 aliphatic heterocycles. The van der Waals surface area contributed by atoms with Crippen molar-refractivity contribution in [2.75, 3.05) is 26.0 Å². The summed E-state index contributed by atoms with van der Waals surface area (Å²) in [7, 11) is 1.75. The van der Waals surface area contributed by atoms with Crippen molar-refractivity contribution in [2.45, 2.75) is 30.9 Å². The van der Waals surface area contributed by atoms with Gasteiger partial charge in [0.05, 0.1) is 7.11 Å². The summed E-state index contributed by atoms with van der Waals surface area (Å²) in [5.41, 5.74) is 1.33. The van der Waals surface area contributed by atoms with Crippen molar-refractivity contribution < 1.29 is 4.74 Å². The second-order valence-electron chi connectivity index (χ2n) is 4.74. The quantitative estimate of drug-likeness (QED) is 0.884. The highest BCUT2D eigenvalue weighted by molar-refractivity contribution is 7.99. The molecule has 1 heterocycles. The van der Waals surface area contributed by atoms with Crippen molar-refractivity contribution in [1.29, 1.82) is 0 Å². The number of rotatable bonds is 5. The normalized spacial score (nSPS) is 20.4. The zero-order valence-electron chi connectivity index (χ0n) is 11.2. The number of hydrogen-bond acceptors (Lipinski definition) is 3. The fourth-order valence-electron chi connectivity index (χ4n) is 2.40. The van der Waals surface area contributed by atoms with E-state index in [1.165, 1.54) is 43.7 Å². The van der Waals surface area contributed by atoms with Crippen LogP contribution in [-0.2, 0) is 6.42 Å². The maximum atomic E-state index is 5.39. The maximum absolute atomic E-state index is 5.39. The van der Waals surface area contributed by atoms with E-state index in [1.807, 2.05) is 6.07 Å². The van der Waals surface area contributed by atoms with Crippen molar-refractivity contribution in [3.05, 3.63) is 29.8 Å². The van der Waals surface area contributed by atoms with Crippen LogP contribution >= 0.6 is 11.8 Å². The van der Waals surface area contributed by atoms with Gasteiger partial charge in [-0.25, -0.2) is 0 Å². The first-order valence-electron chi connectivity index (χ1n) is 6.84. The lowest BCUT2D eigenvalue weighted by Gasteiger charge is -2.13. The summed E-state index contributed by atoms with van der Waals surface area (Å²) < 4.78 is 5.39. The highest BCUT2D eigenvalue weighted by Crippen LogP contribution is 2.24. The Morgan fingerprint density at radius 1 is 1.28 bits per heavy atom. The molecular formula is C15H23NOS. The molecule has 1 aliphatic rings. The fourth-order valence-corrected chi connectivity index (χ4v) is 3.69. The summed E-state index contributed by atoms with van der Waals surface area (Å²) in [6.45, 7) is 2.38. The first kappa shape index (κ1) is 13.8. The van der Waals surface area contributed by atoms with Crippen molar-refractivity contribution in [3.63, 3.8) is 0 Å². The zero-order chi connectivity index (χ0) is 12.6. The SMILES string of the molecule is COc1ccccc1CCSC1CCCNCC1. The fraction of sp³-hybridized carbons (Fsp3) is 0.600. The van der Waals surface area contributed by atoms with Gasteiger partial charge >= 0.3 is 0 Å². The van der Waals surface area contributed by atoms with Crippen LogP contribution in [0.4, 0.5) is 0 Å². The second kappa shape index (κ2) is 7.70. The van der Waals surface area contributed by atoms with Gasteiger partial charge in [0.25, 0.3) is 0 Å². The summed E-state index contributed by atoms with van der Waals surface area (Å²) in [6.07, 6.45) is 5.12. The molecule has 1 aromatic carbocycles. The van der Waals surface area contributed by atoms with Crippen LogP contribution in [0.25, 0.3) is 0 Å². The van der Waals surface area contributed by atoms with Crippen LogP contribution in [0.3, 0.4) is 0 Å². The Kier molecular flexibility index (Phi) is 5.88. The molecule has 2 rings (SSSR count). The van der Waals surface area contributed by atoms with Crippen LogP contribution in [0.1, 0.15) is 24.8 Å². The predicted molar refractivity (Wildman–Crippen MR) is 79.7 cm³/mol. The number of benzene rings is 1. The number of hydrogen-bond donors (Lipinski definition) is 1. The lowest BCUT2D eigenvalue weighted by atomic mass is 10.1. The summed E-state index contributed by atoms with van der Waals surface area (Å²) in [6, 6.07) is 8.36. The Bertz CT molecular complexity index is 348. The average Bonchev–Trinajstić information content (AvgIpc) is 2.68. The Balaban J connectivity index is 1.77. The van der Waals surface area contributed by atoms with Crippen LogP contribution in [0, 0.1) is 0 Å². The van der Waals surface area contributed by atoms with E-state index >= 15 is 0 Å². The number of ether oxygens (including phenoxy) is 1. The van der Waals surface area contributed by atoms with E-state index in [-0.39, 0.29) is 0 Å². The molecule has 0 radical (unpaired) electrons. The molecular weight excluding hydrogens is 242 g/mol. The molecule has 1 saturated heterocycles. The van der Waals surface area contributed by atoms with Crippen LogP contribution < -0.4 is 10.1 Å². The number of para-hydroxylation sites is 1. The highest BCUT2D eigenvalue weighted by atomic mass is 32.2. The van der Waals surface area contributed by atoms with E-state index in [9.17, 15) is 0 Å². The van der Waals surface area contributed by atoms with Crippen LogP contribution in [0.2, 0.25) is 0 Å². The average molecular weight is 265 g/mol. The van der Waals surface area contributed by atoms with Gasteiger partial charge in [-0.1, -0.05) is 18.2 Å². The molecule has 1 unspecified atom stereocenters. The molecule has 0 amide bonds. The third-order valence-corrected chi connectivity index (χ3v) is 4.82. The third-order valence-electron chi connectivity index (χ3n) is 3.44. The summed E-state index contributed by atoms with van der Waals surface area (Å²) in [5, 5.41) is 4.31. The first-order valence-corrected chi connectivity index (χ1v) is 7.89. The lowest BCUT2D eigenvalue weighted by molar-refractivity contribution is 0.410. The van der Waals surface area contributed by atoms with Crippen molar-refractivity contribution in [3.8, 4) is 5.75 Å². The van der Waals surface area contributed by atoms with Crippen molar-refractivity contribution in [2.24, 2.45) is 0 Å². The molecule has 0 spiro atoms. The van der Waals surface area contributed by atoms with Gasteiger partial charge in [-0.3, -0.25) is 0 Å². The number of nitrogens with one attached hydrogen (secondary N) is 1. The molecule has 3 heteroatoms. The summed E-state index contributed by atoms with van der Waals surface area (Å²) >= 11 is 2.13. The molecule has 1 fully saturated rings. The van der Waals surface area contributed by atoms with E-state index in [2.05, 4.69) is 35.3 Å². The highest BCUT2D eigenvalue weighted by Gasteiger charge is 2.12. The van der Waals surface area contributed by atoms with E-state index in [0.29, 0.717) is 0 Å². The third kappa shape index (κ3) is 4.21. The lowest BCUT2D eigenvalue weighted by Crippen LogP contribution is -2.14. The van der Waals surface area contributed by atoms with Gasteiger partial charge in [0.15, 0.2) is 0 Å². The molecule has 0 aromatic heterocycles. The predicted octanol–water partition coefficient (Wildman–Crippen LogP) is 3.11. The maximum Gasteiger partial charge on any atom is 0.122 e. The molecule has 0 bridgehead atoms. The smallest absolute Gasteiger partial charge is 0.122 e. The number of thioether (sulfide) groups is 1.